The van der Waals surface area contributed by atoms with Crippen molar-refractivity contribution < 1.29 is 19.4 Å². The second kappa shape index (κ2) is 6.83. The van der Waals surface area contributed by atoms with Crippen LogP contribution in [-0.2, 0) is 20.9 Å². The maximum Gasteiger partial charge on any atom is 0.303 e. The molecule has 1 aromatic carbocycles. The molecule has 1 aliphatic rings. The smallest absolute Gasteiger partial charge is 0.303 e. The van der Waals surface area contributed by atoms with Crippen LogP contribution in [-0.4, -0.2) is 23.1 Å². The summed E-state index contributed by atoms with van der Waals surface area (Å²) in [6.45, 7) is 2.00. The highest BCUT2D eigenvalue weighted by Gasteiger charge is 2.27. The van der Waals surface area contributed by atoms with Crippen LogP contribution in [0.15, 0.2) is 46.8 Å². The minimum Gasteiger partial charge on any atom is -0.483 e. The maximum atomic E-state index is 12.3. The van der Waals surface area contributed by atoms with Crippen molar-refractivity contribution in [3.05, 3.63) is 47.4 Å². The van der Waals surface area contributed by atoms with Gasteiger partial charge in [0.15, 0.2) is 5.76 Å². The Labute approximate surface area is 123 Å². The van der Waals surface area contributed by atoms with Crippen molar-refractivity contribution in [1.29, 1.82) is 0 Å². The van der Waals surface area contributed by atoms with Crippen molar-refractivity contribution in [3.63, 3.8) is 0 Å². The van der Waals surface area contributed by atoms with Crippen molar-refractivity contribution in [3.8, 4) is 0 Å². The van der Waals surface area contributed by atoms with Crippen molar-refractivity contribution in [2.24, 2.45) is 10.9 Å². The van der Waals surface area contributed by atoms with E-state index in [2.05, 4.69) is 4.99 Å². The summed E-state index contributed by atoms with van der Waals surface area (Å²) in [5.74, 6) is -1.40. The lowest BCUT2D eigenvalue weighted by atomic mass is 9.95. The summed E-state index contributed by atoms with van der Waals surface area (Å²) < 4.78 is 5.60. The molecule has 5 heteroatoms. The van der Waals surface area contributed by atoms with Gasteiger partial charge in [0.25, 0.3) is 0 Å². The zero-order chi connectivity index (χ0) is 15.2. The zero-order valence-corrected chi connectivity index (χ0v) is 11.8. The summed E-state index contributed by atoms with van der Waals surface area (Å²) in [5.41, 5.74) is 1.49. The molecule has 110 valence electrons. The van der Waals surface area contributed by atoms with E-state index in [0.29, 0.717) is 12.3 Å². The van der Waals surface area contributed by atoms with Gasteiger partial charge in [-0.15, -0.1) is 0 Å². The number of benzene rings is 1. The van der Waals surface area contributed by atoms with Crippen LogP contribution < -0.4 is 0 Å². The monoisotopic (exact) mass is 287 g/mol. The van der Waals surface area contributed by atoms with E-state index < -0.39 is 11.9 Å². The van der Waals surface area contributed by atoms with Crippen LogP contribution in [0.3, 0.4) is 0 Å². The molecule has 0 spiro atoms. The third kappa shape index (κ3) is 4.02. The van der Waals surface area contributed by atoms with Crippen molar-refractivity contribution in [2.75, 3.05) is 0 Å². The molecule has 1 aliphatic heterocycles. The van der Waals surface area contributed by atoms with Crippen molar-refractivity contribution >= 4 is 18.0 Å². The lowest BCUT2D eigenvalue weighted by Gasteiger charge is -2.19. The molecule has 0 fully saturated rings. The van der Waals surface area contributed by atoms with E-state index in [0.717, 1.165) is 5.56 Å². The first-order chi connectivity index (χ1) is 10.1. The number of ether oxygens (including phenoxy) is 1. The molecule has 1 aromatic rings. The predicted molar refractivity (Wildman–Crippen MR) is 77.8 cm³/mol. The molecule has 0 amide bonds. The maximum absolute atomic E-state index is 12.3. The molecular formula is C16H17NO4. The van der Waals surface area contributed by atoms with Crippen molar-refractivity contribution in [1.82, 2.24) is 0 Å². The zero-order valence-electron chi connectivity index (χ0n) is 11.8. The third-order valence-corrected chi connectivity index (χ3v) is 3.23. The van der Waals surface area contributed by atoms with Gasteiger partial charge in [0.1, 0.15) is 6.61 Å². The summed E-state index contributed by atoms with van der Waals surface area (Å²) in [6, 6.07) is 9.53. The number of aliphatic carboxylic acids is 1. The molecule has 1 N–H and O–H groups in total. The SMILES string of the molecule is CC1=C(OCc2ccccc2)C(=O)C(CCC(=O)O)C=N1. The highest BCUT2D eigenvalue weighted by atomic mass is 16.5. The van der Waals surface area contributed by atoms with Crippen LogP contribution in [0.4, 0.5) is 0 Å². The van der Waals surface area contributed by atoms with Gasteiger partial charge >= 0.3 is 5.97 Å². The van der Waals surface area contributed by atoms with Gasteiger partial charge in [-0.2, -0.15) is 0 Å². The largest absolute Gasteiger partial charge is 0.483 e. The Morgan fingerprint density at radius 3 is 2.71 bits per heavy atom. The first-order valence-corrected chi connectivity index (χ1v) is 6.75. The number of rotatable bonds is 6. The Kier molecular flexibility index (Phi) is 4.87. The van der Waals surface area contributed by atoms with Gasteiger partial charge in [-0.25, -0.2) is 0 Å². The van der Waals surface area contributed by atoms with Gasteiger partial charge in [0, 0.05) is 12.6 Å². The Morgan fingerprint density at radius 2 is 2.05 bits per heavy atom. The average Bonchev–Trinajstić information content (AvgIpc) is 2.47. The molecule has 0 bridgehead atoms. The number of carboxylic acids is 1. The molecule has 5 nitrogen and oxygen atoms in total. The number of Topliss-reactive ketones (excluding diaryl/α,β-unsaturated/α-hetero) is 1. The molecule has 0 aromatic heterocycles. The number of aliphatic imine (C=N–C) groups is 1. The normalized spacial score (nSPS) is 18.0. The predicted octanol–water partition coefficient (Wildman–Crippen LogP) is 2.57. The van der Waals surface area contributed by atoms with Crippen LogP contribution in [0.25, 0.3) is 0 Å². The number of ketones is 1. The molecule has 1 heterocycles. The van der Waals surface area contributed by atoms with E-state index in [4.69, 9.17) is 9.84 Å². The minimum absolute atomic E-state index is 0.0621. The Morgan fingerprint density at radius 1 is 1.33 bits per heavy atom. The third-order valence-electron chi connectivity index (χ3n) is 3.23. The fraction of sp³-hybridized carbons (Fsp3) is 0.312. The molecule has 2 rings (SSSR count). The standard InChI is InChI=1S/C16H17NO4/c1-11-16(21-10-12-5-3-2-4-6-12)15(20)13(9-17-11)7-8-14(18)19/h2-6,9,13H,7-8,10H2,1H3,(H,18,19). The van der Waals surface area contributed by atoms with Crippen LogP contribution in [0.5, 0.6) is 0 Å². The van der Waals surface area contributed by atoms with Crippen LogP contribution in [0, 0.1) is 5.92 Å². The summed E-state index contributed by atoms with van der Waals surface area (Å²) in [6.07, 6.45) is 1.69. The Balaban J connectivity index is 2.01. The van der Waals surface area contributed by atoms with Gasteiger partial charge in [0.05, 0.1) is 11.6 Å². The Bertz CT molecular complexity index is 590. The van der Waals surface area contributed by atoms with E-state index in [1.807, 2.05) is 30.3 Å². The highest BCUT2D eigenvalue weighted by Crippen LogP contribution is 2.22. The van der Waals surface area contributed by atoms with Gasteiger partial charge in [-0.1, -0.05) is 30.3 Å². The molecular weight excluding hydrogens is 270 g/mol. The number of carboxylic acid groups (broad SMARTS) is 1. The van der Waals surface area contributed by atoms with Crippen LogP contribution in [0.2, 0.25) is 0 Å². The molecule has 1 unspecified atom stereocenters. The Hall–Kier alpha value is -2.43. The van der Waals surface area contributed by atoms with E-state index >= 15 is 0 Å². The summed E-state index contributed by atoms with van der Waals surface area (Å²) in [7, 11) is 0. The molecule has 1 atom stereocenters. The molecule has 0 radical (unpaired) electrons. The number of hydrogen-bond acceptors (Lipinski definition) is 4. The number of carbonyl (C=O) groups excluding carboxylic acids is 1. The minimum atomic E-state index is -0.922. The van der Waals surface area contributed by atoms with E-state index in [1.54, 1.807) is 6.92 Å². The second-order valence-corrected chi connectivity index (χ2v) is 4.87. The van der Waals surface area contributed by atoms with Crippen LogP contribution >= 0.6 is 0 Å². The van der Waals surface area contributed by atoms with E-state index in [1.165, 1.54) is 6.21 Å². The summed E-state index contributed by atoms with van der Waals surface area (Å²) in [5, 5.41) is 8.70. The average molecular weight is 287 g/mol. The number of nitrogens with zero attached hydrogens (tertiary/aromatic N) is 1. The van der Waals surface area contributed by atoms with Crippen LogP contribution in [0.1, 0.15) is 25.3 Å². The van der Waals surface area contributed by atoms with E-state index in [9.17, 15) is 9.59 Å². The number of carbonyl (C=O) groups is 2. The van der Waals surface area contributed by atoms with Crippen molar-refractivity contribution in [2.45, 2.75) is 26.4 Å². The number of hydrogen-bond donors (Lipinski definition) is 1. The molecule has 0 saturated heterocycles. The topological polar surface area (TPSA) is 76.0 Å². The second-order valence-electron chi connectivity index (χ2n) is 4.87. The van der Waals surface area contributed by atoms with Gasteiger partial charge in [-0.3, -0.25) is 14.6 Å². The van der Waals surface area contributed by atoms with E-state index in [-0.39, 0.29) is 24.4 Å². The highest BCUT2D eigenvalue weighted by molar-refractivity contribution is 6.07. The van der Waals surface area contributed by atoms with Gasteiger partial charge in [-0.05, 0) is 18.9 Å². The van der Waals surface area contributed by atoms with Gasteiger partial charge < -0.3 is 9.84 Å². The fourth-order valence-electron chi connectivity index (χ4n) is 2.06. The summed E-state index contributed by atoms with van der Waals surface area (Å²) in [4.78, 5) is 27.1. The van der Waals surface area contributed by atoms with Gasteiger partial charge in [0.2, 0.25) is 5.78 Å². The lowest BCUT2D eigenvalue weighted by molar-refractivity contribution is -0.137. The lowest BCUT2D eigenvalue weighted by Crippen LogP contribution is -2.24. The molecule has 0 saturated carbocycles. The summed E-state index contributed by atoms with van der Waals surface area (Å²) >= 11 is 0. The first kappa shape index (κ1) is 15.0. The molecule has 21 heavy (non-hydrogen) atoms. The molecule has 0 aliphatic carbocycles. The fourth-order valence-corrected chi connectivity index (χ4v) is 2.06. The quantitative estimate of drug-likeness (QED) is 0.872. The first-order valence-electron chi connectivity index (χ1n) is 6.75. The number of allylic oxidation sites excluding steroid dienone is 2.